The van der Waals surface area contributed by atoms with E-state index in [-0.39, 0.29) is 0 Å². The van der Waals surface area contributed by atoms with Crippen LogP contribution in [0.4, 0.5) is 0 Å². The minimum atomic E-state index is 0.456. The molecule has 0 spiro atoms. The summed E-state index contributed by atoms with van der Waals surface area (Å²) in [7, 11) is 3.86. The molecule has 0 aliphatic rings. The molecule has 2 unspecified atom stereocenters. The third kappa shape index (κ3) is 2.97. The fourth-order valence-corrected chi connectivity index (χ4v) is 2.10. The van der Waals surface area contributed by atoms with E-state index in [1.54, 1.807) is 4.68 Å². The maximum absolute atomic E-state index is 4.22. The summed E-state index contributed by atoms with van der Waals surface area (Å²) < 4.78 is 3.62. The van der Waals surface area contributed by atoms with Crippen LogP contribution >= 0.6 is 0 Å². The van der Waals surface area contributed by atoms with E-state index in [1.165, 1.54) is 5.56 Å². The van der Waals surface area contributed by atoms with E-state index in [4.69, 9.17) is 0 Å². The Balaban J connectivity index is 1.88. The van der Waals surface area contributed by atoms with Gasteiger partial charge in [-0.3, -0.25) is 9.36 Å². The lowest BCUT2D eigenvalue weighted by Gasteiger charge is -2.12. The third-order valence-corrected chi connectivity index (χ3v) is 3.45. The molecule has 5 nitrogen and oxygen atoms in total. The van der Waals surface area contributed by atoms with Gasteiger partial charge in [0.15, 0.2) is 0 Å². The summed E-state index contributed by atoms with van der Waals surface area (Å²) in [4.78, 5) is 0. The van der Waals surface area contributed by atoms with Gasteiger partial charge in [0, 0.05) is 32.4 Å². The van der Waals surface area contributed by atoms with Gasteiger partial charge in [-0.25, -0.2) is 0 Å². The van der Waals surface area contributed by atoms with E-state index >= 15 is 0 Å². The van der Waals surface area contributed by atoms with Gasteiger partial charge in [-0.05, 0) is 24.3 Å². The summed E-state index contributed by atoms with van der Waals surface area (Å²) >= 11 is 0. The quantitative estimate of drug-likeness (QED) is 0.814. The van der Waals surface area contributed by atoms with Crippen molar-refractivity contribution in [2.24, 2.45) is 14.1 Å². The average Bonchev–Trinajstić information content (AvgIpc) is 2.94. The smallest absolute Gasteiger partial charge is 0.0855 e. The second-order valence-electron chi connectivity index (χ2n) is 5.14. The molecular formula is C13H21N5. The predicted molar refractivity (Wildman–Crippen MR) is 70.3 cm³/mol. The maximum atomic E-state index is 4.22. The first-order valence-corrected chi connectivity index (χ1v) is 6.41. The second kappa shape index (κ2) is 5.33. The van der Waals surface area contributed by atoms with Crippen LogP contribution in [0.5, 0.6) is 0 Å². The van der Waals surface area contributed by atoms with Crippen molar-refractivity contribution in [3.05, 3.63) is 29.8 Å². The van der Waals surface area contributed by atoms with Crippen molar-refractivity contribution in [2.45, 2.75) is 38.5 Å². The third-order valence-electron chi connectivity index (χ3n) is 3.45. The van der Waals surface area contributed by atoms with Gasteiger partial charge in [0.1, 0.15) is 0 Å². The lowest BCUT2D eigenvalue weighted by molar-refractivity contribution is 0.564. The Morgan fingerprint density at radius 3 is 2.33 bits per heavy atom. The van der Waals surface area contributed by atoms with E-state index in [1.807, 2.05) is 31.2 Å². The highest BCUT2D eigenvalue weighted by Gasteiger charge is 2.13. The Hall–Kier alpha value is -1.65. The van der Waals surface area contributed by atoms with Gasteiger partial charge in [-0.1, -0.05) is 19.1 Å². The van der Waals surface area contributed by atoms with Crippen molar-refractivity contribution in [3.8, 4) is 0 Å². The molecule has 98 valence electrons. The lowest BCUT2D eigenvalue weighted by atomic mass is 9.93. The van der Waals surface area contributed by atoms with Crippen molar-refractivity contribution in [1.29, 1.82) is 0 Å². The summed E-state index contributed by atoms with van der Waals surface area (Å²) in [5, 5.41) is 12.4. The van der Waals surface area contributed by atoms with E-state index in [0.717, 1.165) is 18.5 Å². The van der Waals surface area contributed by atoms with Crippen molar-refractivity contribution < 1.29 is 0 Å². The maximum Gasteiger partial charge on any atom is 0.0855 e. The molecule has 0 saturated carbocycles. The van der Waals surface area contributed by atoms with Crippen LogP contribution in [0, 0.1) is 0 Å². The van der Waals surface area contributed by atoms with Crippen LogP contribution in [0.2, 0.25) is 0 Å². The van der Waals surface area contributed by atoms with Crippen molar-refractivity contribution >= 4 is 0 Å². The molecular weight excluding hydrogens is 226 g/mol. The zero-order valence-corrected chi connectivity index (χ0v) is 11.5. The highest BCUT2D eigenvalue weighted by molar-refractivity contribution is 5.10. The number of nitrogens with zero attached hydrogens (tertiary/aromatic N) is 5. The second-order valence-corrected chi connectivity index (χ2v) is 5.14. The van der Waals surface area contributed by atoms with Crippen molar-refractivity contribution in [3.63, 3.8) is 0 Å². The zero-order chi connectivity index (χ0) is 13.1. The van der Waals surface area contributed by atoms with Crippen LogP contribution < -0.4 is 0 Å². The van der Waals surface area contributed by atoms with Crippen molar-refractivity contribution in [2.75, 3.05) is 0 Å². The molecule has 0 saturated heterocycles. The highest BCUT2D eigenvalue weighted by Crippen LogP contribution is 2.26. The van der Waals surface area contributed by atoms with Crippen LogP contribution in [0.3, 0.4) is 0 Å². The normalized spacial score (nSPS) is 14.7. The van der Waals surface area contributed by atoms with E-state index in [0.29, 0.717) is 11.8 Å². The largest absolute Gasteiger partial charge is 0.276 e. The summed E-state index contributed by atoms with van der Waals surface area (Å²) in [6.45, 7) is 4.46. The first-order chi connectivity index (χ1) is 8.56. The zero-order valence-electron chi connectivity index (χ0n) is 11.5. The van der Waals surface area contributed by atoms with Gasteiger partial charge in [0.25, 0.3) is 0 Å². The summed E-state index contributed by atoms with van der Waals surface area (Å²) in [6.07, 6.45) is 8.31. The van der Waals surface area contributed by atoms with Gasteiger partial charge < -0.3 is 0 Å². The van der Waals surface area contributed by atoms with Gasteiger partial charge in [-0.15, -0.1) is 5.10 Å². The monoisotopic (exact) mass is 247 g/mol. The molecule has 5 heteroatoms. The Bertz CT molecular complexity index is 453. The molecule has 0 fully saturated rings. The Morgan fingerprint density at radius 1 is 1.06 bits per heavy atom. The Labute approximate surface area is 108 Å². The highest BCUT2D eigenvalue weighted by atomic mass is 15.4. The SMILES string of the molecule is CC(CCC(C)c1cn(C)nn1)c1cnn(C)c1. The lowest BCUT2D eigenvalue weighted by Crippen LogP contribution is -1.99. The van der Waals surface area contributed by atoms with E-state index < -0.39 is 0 Å². The van der Waals surface area contributed by atoms with Crippen molar-refractivity contribution in [1.82, 2.24) is 24.8 Å². The summed E-state index contributed by atoms with van der Waals surface area (Å²) in [6, 6.07) is 0. The van der Waals surface area contributed by atoms with Gasteiger partial charge >= 0.3 is 0 Å². The number of hydrogen-bond donors (Lipinski definition) is 0. The number of aromatic nitrogens is 5. The molecule has 2 heterocycles. The summed E-state index contributed by atoms with van der Waals surface area (Å²) in [5.74, 6) is 0.996. The molecule has 2 aromatic rings. The molecule has 18 heavy (non-hydrogen) atoms. The standard InChI is InChI=1S/C13H21N5/c1-10(12-7-14-17(3)8-12)5-6-11(2)13-9-18(4)16-15-13/h7-11H,5-6H2,1-4H3. The molecule has 0 N–H and O–H groups in total. The minimum absolute atomic E-state index is 0.456. The Morgan fingerprint density at radius 2 is 1.78 bits per heavy atom. The molecule has 2 rings (SSSR count). The molecule has 2 atom stereocenters. The molecule has 2 aromatic heterocycles. The fourth-order valence-electron chi connectivity index (χ4n) is 2.10. The molecule has 0 amide bonds. The molecule has 0 radical (unpaired) electrons. The van der Waals surface area contributed by atoms with E-state index in [2.05, 4.69) is 35.5 Å². The Kier molecular flexibility index (Phi) is 3.79. The first-order valence-electron chi connectivity index (χ1n) is 6.41. The van der Waals surface area contributed by atoms with Gasteiger partial charge in [0.05, 0.1) is 11.9 Å². The van der Waals surface area contributed by atoms with Gasteiger partial charge in [-0.2, -0.15) is 5.10 Å². The molecule has 0 aromatic carbocycles. The molecule has 0 bridgehead atoms. The molecule has 0 aliphatic carbocycles. The first kappa shape index (κ1) is 12.8. The summed E-state index contributed by atoms with van der Waals surface area (Å²) in [5.41, 5.74) is 2.39. The number of aryl methyl sites for hydroxylation is 2. The van der Waals surface area contributed by atoms with E-state index in [9.17, 15) is 0 Å². The topological polar surface area (TPSA) is 48.5 Å². The number of rotatable bonds is 5. The fraction of sp³-hybridized carbons (Fsp3) is 0.615. The van der Waals surface area contributed by atoms with Crippen LogP contribution in [0.1, 0.15) is 49.8 Å². The average molecular weight is 247 g/mol. The van der Waals surface area contributed by atoms with Crippen LogP contribution in [0.15, 0.2) is 18.6 Å². The molecule has 0 aliphatic heterocycles. The van der Waals surface area contributed by atoms with Crippen LogP contribution in [-0.2, 0) is 14.1 Å². The van der Waals surface area contributed by atoms with Crippen LogP contribution in [-0.4, -0.2) is 24.8 Å². The number of hydrogen-bond acceptors (Lipinski definition) is 3. The minimum Gasteiger partial charge on any atom is -0.276 e. The van der Waals surface area contributed by atoms with Crippen LogP contribution in [0.25, 0.3) is 0 Å². The van der Waals surface area contributed by atoms with Gasteiger partial charge in [0.2, 0.25) is 0 Å². The predicted octanol–water partition coefficient (Wildman–Crippen LogP) is 2.24.